The second kappa shape index (κ2) is 7.63. The van der Waals surface area contributed by atoms with Gasteiger partial charge in [-0.2, -0.15) is 0 Å². The second-order valence-electron chi connectivity index (χ2n) is 7.13. The van der Waals surface area contributed by atoms with Gasteiger partial charge in [0.25, 0.3) is 5.91 Å². The Kier molecular flexibility index (Phi) is 4.69. The van der Waals surface area contributed by atoms with E-state index < -0.39 is 6.10 Å². The summed E-state index contributed by atoms with van der Waals surface area (Å²) in [7, 11) is 0. The molecule has 4 heterocycles. The van der Waals surface area contributed by atoms with Crippen molar-refractivity contribution in [2.45, 2.75) is 12.6 Å². The minimum absolute atomic E-state index is 0.0271. The number of furan rings is 1. The van der Waals surface area contributed by atoms with Crippen molar-refractivity contribution >= 4 is 5.91 Å². The Hall–Kier alpha value is -3.26. The lowest BCUT2D eigenvalue weighted by Crippen LogP contribution is -2.53. The van der Waals surface area contributed by atoms with Crippen LogP contribution in [0, 0.1) is 0 Å². The highest BCUT2D eigenvalue weighted by Gasteiger charge is 2.32. The molecule has 3 aromatic rings. The molecule has 8 nitrogen and oxygen atoms in total. The summed E-state index contributed by atoms with van der Waals surface area (Å²) in [5.41, 5.74) is 0.844. The molecule has 0 spiro atoms. The van der Waals surface area contributed by atoms with Crippen LogP contribution in [0.2, 0.25) is 0 Å². The predicted molar refractivity (Wildman–Crippen MR) is 102 cm³/mol. The molecular formula is C21H21N3O5. The molecule has 1 saturated heterocycles. The van der Waals surface area contributed by atoms with E-state index in [1.165, 1.54) is 0 Å². The van der Waals surface area contributed by atoms with Crippen molar-refractivity contribution < 1.29 is 23.2 Å². The molecule has 150 valence electrons. The molecule has 0 aliphatic carbocycles. The lowest BCUT2D eigenvalue weighted by atomic mass is 10.2. The topological polar surface area (TPSA) is 81.2 Å². The van der Waals surface area contributed by atoms with Crippen LogP contribution in [0.25, 0.3) is 11.5 Å². The number of piperazine rings is 1. The SMILES string of the molecule is O=C(C1COc2ccccc2O1)N1CCN(Cc2cc(-c3ccco3)on2)CC1. The van der Waals surface area contributed by atoms with Gasteiger partial charge in [-0.25, -0.2) is 0 Å². The van der Waals surface area contributed by atoms with Gasteiger partial charge < -0.3 is 23.3 Å². The van der Waals surface area contributed by atoms with Crippen molar-refractivity contribution in [3.63, 3.8) is 0 Å². The molecule has 1 amide bonds. The van der Waals surface area contributed by atoms with Crippen molar-refractivity contribution in [2.75, 3.05) is 32.8 Å². The smallest absolute Gasteiger partial charge is 0.267 e. The van der Waals surface area contributed by atoms with Crippen molar-refractivity contribution in [2.24, 2.45) is 0 Å². The van der Waals surface area contributed by atoms with Gasteiger partial charge in [0, 0.05) is 38.8 Å². The highest BCUT2D eigenvalue weighted by Crippen LogP contribution is 2.31. The molecule has 29 heavy (non-hydrogen) atoms. The van der Waals surface area contributed by atoms with Crippen molar-refractivity contribution in [1.82, 2.24) is 15.0 Å². The zero-order chi connectivity index (χ0) is 19.6. The van der Waals surface area contributed by atoms with Crippen LogP contribution in [-0.4, -0.2) is 59.8 Å². The third-order valence-corrected chi connectivity index (χ3v) is 5.18. The molecule has 8 heteroatoms. The number of amides is 1. The zero-order valence-electron chi connectivity index (χ0n) is 15.8. The molecule has 2 aromatic heterocycles. The van der Waals surface area contributed by atoms with E-state index in [-0.39, 0.29) is 12.5 Å². The third kappa shape index (κ3) is 3.71. The van der Waals surface area contributed by atoms with Gasteiger partial charge in [-0.3, -0.25) is 9.69 Å². The van der Waals surface area contributed by atoms with Gasteiger partial charge in [0.05, 0.1) is 12.0 Å². The summed E-state index contributed by atoms with van der Waals surface area (Å²) in [6.07, 6.45) is 1.01. The Bertz CT molecular complexity index is 976. The molecule has 5 rings (SSSR count). The number of rotatable bonds is 4. The molecule has 1 atom stereocenters. The molecule has 0 N–H and O–H groups in total. The number of para-hydroxylation sites is 2. The van der Waals surface area contributed by atoms with Crippen molar-refractivity contribution in [3.05, 3.63) is 54.4 Å². The molecule has 0 radical (unpaired) electrons. The minimum Gasteiger partial charge on any atom is -0.485 e. The molecule has 1 unspecified atom stereocenters. The number of ether oxygens (including phenoxy) is 2. The third-order valence-electron chi connectivity index (χ3n) is 5.18. The van der Waals surface area contributed by atoms with E-state index in [0.717, 1.165) is 18.8 Å². The summed E-state index contributed by atoms with van der Waals surface area (Å²) < 4.78 is 22.2. The van der Waals surface area contributed by atoms with Gasteiger partial charge in [0.2, 0.25) is 11.9 Å². The fourth-order valence-corrected chi connectivity index (χ4v) is 3.62. The first-order valence-electron chi connectivity index (χ1n) is 9.65. The summed E-state index contributed by atoms with van der Waals surface area (Å²) in [6.45, 7) is 3.72. The van der Waals surface area contributed by atoms with E-state index in [1.54, 1.807) is 6.26 Å². The number of aromatic nitrogens is 1. The first-order valence-corrected chi connectivity index (χ1v) is 9.65. The van der Waals surface area contributed by atoms with Gasteiger partial charge in [-0.05, 0) is 24.3 Å². The van der Waals surface area contributed by atoms with Crippen LogP contribution >= 0.6 is 0 Å². The van der Waals surface area contributed by atoms with Crippen LogP contribution < -0.4 is 9.47 Å². The van der Waals surface area contributed by atoms with Gasteiger partial charge in [0.1, 0.15) is 6.61 Å². The average Bonchev–Trinajstić information content (AvgIpc) is 3.45. The highest BCUT2D eigenvalue weighted by molar-refractivity contribution is 5.82. The number of benzene rings is 1. The fraction of sp³-hybridized carbons (Fsp3) is 0.333. The molecule has 1 fully saturated rings. The maximum absolute atomic E-state index is 12.8. The monoisotopic (exact) mass is 395 g/mol. The van der Waals surface area contributed by atoms with E-state index in [1.807, 2.05) is 47.4 Å². The van der Waals surface area contributed by atoms with Crippen LogP contribution in [0.3, 0.4) is 0 Å². The van der Waals surface area contributed by atoms with Crippen LogP contribution in [0.5, 0.6) is 11.5 Å². The Labute approximate surface area is 167 Å². The summed E-state index contributed by atoms with van der Waals surface area (Å²) in [5.74, 6) is 2.56. The number of hydrogen-bond acceptors (Lipinski definition) is 7. The van der Waals surface area contributed by atoms with Crippen LogP contribution in [0.4, 0.5) is 0 Å². The number of hydrogen-bond donors (Lipinski definition) is 0. The molecule has 1 aromatic carbocycles. The summed E-state index contributed by atoms with van der Waals surface area (Å²) in [4.78, 5) is 16.9. The first kappa shape index (κ1) is 17.8. The second-order valence-corrected chi connectivity index (χ2v) is 7.13. The van der Waals surface area contributed by atoms with Gasteiger partial charge in [-0.15, -0.1) is 0 Å². The normalized spacial score (nSPS) is 19.3. The van der Waals surface area contributed by atoms with Gasteiger partial charge in [0.15, 0.2) is 17.3 Å². The summed E-state index contributed by atoms with van der Waals surface area (Å²) >= 11 is 0. The molecule has 0 bridgehead atoms. The van der Waals surface area contributed by atoms with Gasteiger partial charge >= 0.3 is 0 Å². The van der Waals surface area contributed by atoms with Gasteiger partial charge in [-0.1, -0.05) is 17.3 Å². The van der Waals surface area contributed by atoms with Crippen LogP contribution in [-0.2, 0) is 11.3 Å². The Morgan fingerprint density at radius 2 is 1.86 bits per heavy atom. The van der Waals surface area contributed by atoms with E-state index in [2.05, 4.69) is 10.1 Å². The Balaban J connectivity index is 1.14. The zero-order valence-corrected chi connectivity index (χ0v) is 15.8. The standard InChI is InChI=1S/C21H21N3O5/c25-21(20-14-27-16-4-1-2-5-18(16)28-20)24-9-7-23(8-10-24)13-15-12-19(29-22-15)17-6-3-11-26-17/h1-6,11-12,20H,7-10,13-14H2. The van der Waals surface area contributed by atoms with E-state index in [9.17, 15) is 4.79 Å². The van der Waals surface area contributed by atoms with Crippen LogP contribution in [0.1, 0.15) is 5.69 Å². The van der Waals surface area contributed by atoms with E-state index >= 15 is 0 Å². The number of nitrogens with zero attached hydrogens (tertiary/aromatic N) is 3. The predicted octanol–water partition coefficient (Wildman–Crippen LogP) is 2.42. The first-order chi connectivity index (χ1) is 14.3. The highest BCUT2D eigenvalue weighted by atomic mass is 16.6. The van der Waals surface area contributed by atoms with Crippen molar-refractivity contribution in [1.29, 1.82) is 0 Å². The quantitative estimate of drug-likeness (QED) is 0.671. The fourth-order valence-electron chi connectivity index (χ4n) is 3.62. The molecule has 2 aliphatic heterocycles. The summed E-state index contributed by atoms with van der Waals surface area (Å²) in [6, 6.07) is 13.0. The van der Waals surface area contributed by atoms with E-state index in [4.69, 9.17) is 18.4 Å². The Morgan fingerprint density at radius 1 is 1.03 bits per heavy atom. The number of carbonyl (C=O) groups excluding carboxylic acids is 1. The number of carbonyl (C=O) groups is 1. The number of fused-ring (bicyclic) bond motifs is 1. The van der Waals surface area contributed by atoms with Crippen LogP contribution in [0.15, 0.2) is 57.7 Å². The molecule has 0 saturated carbocycles. The maximum atomic E-state index is 12.8. The molecule has 2 aliphatic rings. The molecular weight excluding hydrogens is 374 g/mol. The van der Waals surface area contributed by atoms with Crippen molar-refractivity contribution in [3.8, 4) is 23.0 Å². The lowest BCUT2D eigenvalue weighted by Gasteiger charge is -2.36. The average molecular weight is 395 g/mol. The lowest BCUT2D eigenvalue weighted by molar-refractivity contribution is -0.143. The maximum Gasteiger partial charge on any atom is 0.267 e. The summed E-state index contributed by atoms with van der Waals surface area (Å²) in [5, 5.41) is 4.12. The largest absolute Gasteiger partial charge is 0.485 e. The minimum atomic E-state index is -0.595. The van der Waals surface area contributed by atoms with E-state index in [0.29, 0.717) is 42.7 Å². The Morgan fingerprint density at radius 3 is 2.66 bits per heavy atom.